The molecule has 0 aliphatic carbocycles. The predicted octanol–water partition coefficient (Wildman–Crippen LogP) is 4.63. The molecule has 0 radical (unpaired) electrons. The lowest BCUT2D eigenvalue weighted by atomic mass is 10.1. The number of fused-ring (bicyclic) bond motifs is 1. The van der Waals surface area contributed by atoms with Crippen LogP contribution >= 0.6 is 11.6 Å². The largest absolute Gasteiger partial charge is 0.494 e. The van der Waals surface area contributed by atoms with Gasteiger partial charge < -0.3 is 10.1 Å². The molecule has 3 aromatic rings. The zero-order valence-electron chi connectivity index (χ0n) is 17.4. The van der Waals surface area contributed by atoms with Crippen molar-refractivity contribution in [3.05, 3.63) is 77.4 Å². The van der Waals surface area contributed by atoms with E-state index in [1.165, 1.54) is 4.90 Å². The minimum atomic E-state index is -0.342. The van der Waals surface area contributed by atoms with Gasteiger partial charge in [0.1, 0.15) is 18.0 Å². The van der Waals surface area contributed by atoms with Crippen LogP contribution in [0, 0.1) is 0 Å². The number of nitrogens with zero attached hydrogens (tertiary/aromatic N) is 3. The Balaban J connectivity index is 1.55. The Hall–Kier alpha value is -3.71. The van der Waals surface area contributed by atoms with E-state index in [0.717, 1.165) is 11.3 Å². The SMILES string of the molecule is CCOc1ccc(NC(=O)CN2C(=O)CC(c3cccc(Cl)c3)=Nc3cccnc32)cc1. The van der Waals surface area contributed by atoms with Crippen LogP contribution in [-0.4, -0.2) is 35.7 Å². The molecule has 2 amide bonds. The van der Waals surface area contributed by atoms with Gasteiger partial charge in [0.25, 0.3) is 0 Å². The van der Waals surface area contributed by atoms with Crippen LogP contribution in [0.2, 0.25) is 5.02 Å². The molecule has 0 saturated carbocycles. The Labute approximate surface area is 190 Å². The smallest absolute Gasteiger partial charge is 0.244 e. The number of carbonyl (C=O) groups excluding carboxylic acids is 2. The molecule has 1 aliphatic rings. The zero-order chi connectivity index (χ0) is 22.5. The van der Waals surface area contributed by atoms with Crippen LogP contribution in [0.4, 0.5) is 17.2 Å². The highest BCUT2D eigenvalue weighted by Gasteiger charge is 2.27. The monoisotopic (exact) mass is 448 g/mol. The summed E-state index contributed by atoms with van der Waals surface area (Å²) in [5.74, 6) is 0.446. The number of aliphatic imine (C=N–C) groups is 1. The van der Waals surface area contributed by atoms with Crippen LogP contribution in [0.1, 0.15) is 18.9 Å². The van der Waals surface area contributed by atoms with Crippen LogP contribution in [0.15, 0.2) is 71.9 Å². The van der Waals surface area contributed by atoms with E-state index in [9.17, 15) is 9.59 Å². The number of hydrogen-bond acceptors (Lipinski definition) is 5. The number of ether oxygens (including phenoxy) is 1. The van der Waals surface area contributed by atoms with Gasteiger partial charge in [0.2, 0.25) is 11.8 Å². The zero-order valence-corrected chi connectivity index (χ0v) is 18.2. The number of rotatable bonds is 6. The first-order chi connectivity index (χ1) is 15.5. The van der Waals surface area contributed by atoms with Crippen molar-refractivity contribution in [2.75, 3.05) is 23.4 Å². The number of hydrogen-bond donors (Lipinski definition) is 1. The number of carbonyl (C=O) groups is 2. The summed E-state index contributed by atoms with van der Waals surface area (Å²) in [6, 6.07) is 17.7. The van der Waals surface area contributed by atoms with Gasteiger partial charge in [-0.3, -0.25) is 14.5 Å². The Morgan fingerprint density at radius 3 is 2.72 bits per heavy atom. The molecule has 0 bridgehead atoms. The Kier molecular flexibility index (Phi) is 6.47. The molecule has 0 fully saturated rings. The summed E-state index contributed by atoms with van der Waals surface area (Å²) in [4.78, 5) is 36.2. The molecule has 1 aromatic heterocycles. The van der Waals surface area contributed by atoms with E-state index >= 15 is 0 Å². The van der Waals surface area contributed by atoms with E-state index in [1.807, 2.05) is 19.1 Å². The van der Waals surface area contributed by atoms with Gasteiger partial charge >= 0.3 is 0 Å². The molecule has 2 aromatic carbocycles. The molecule has 1 aliphatic heterocycles. The van der Waals surface area contributed by atoms with Crippen LogP contribution in [-0.2, 0) is 9.59 Å². The Morgan fingerprint density at radius 2 is 1.97 bits per heavy atom. The molecule has 1 N–H and O–H groups in total. The summed E-state index contributed by atoms with van der Waals surface area (Å²) in [5.41, 5.74) is 2.45. The van der Waals surface area contributed by atoms with Crippen LogP contribution < -0.4 is 15.0 Å². The van der Waals surface area contributed by atoms with Crippen molar-refractivity contribution in [3.8, 4) is 5.75 Å². The molecule has 0 spiro atoms. The van der Waals surface area contributed by atoms with Crippen molar-refractivity contribution >= 4 is 46.3 Å². The van der Waals surface area contributed by atoms with Crippen LogP contribution in [0.5, 0.6) is 5.75 Å². The van der Waals surface area contributed by atoms with Crippen LogP contribution in [0.25, 0.3) is 0 Å². The lowest BCUT2D eigenvalue weighted by Gasteiger charge is -2.20. The first-order valence-corrected chi connectivity index (χ1v) is 10.5. The fourth-order valence-electron chi connectivity index (χ4n) is 3.37. The summed E-state index contributed by atoms with van der Waals surface area (Å²) in [7, 11) is 0. The number of amides is 2. The number of aromatic nitrogens is 1. The molecule has 0 unspecified atom stereocenters. The third-order valence-electron chi connectivity index (χ3n) is 4.81. The third-order valence-corrected chi connectivity index (χ3v) is 5.04. The fourth-order valence-corrected chi connectivity index (χ4v) is 3.56. The van der Waals surface area contributed by atoms with Crippen molar-refractivity contribution < 1.29 is 14.3 Å². The van der Waals surface area contributed by atoms with Gasteiger partial charge in [-0.1, -0.05) is 23.7 Å². The number of anilines is 2. The number of pyridine rings is 1. The molecular weight excluding hydrogens is 428 g/mol. The van der Waals surface area contributed by atoms with E-state index < -0.39 is 0 Å². The minimum Gasteiger partial charge on any atom is -0.494 e. The van der Waals surface area contributed by atoms with Gasteiger partial charge in [-0.15, -0.1) is 0 Å². The highest BCUT2D eigenvalue weighted by Crippen LogP contribution is 2.31. The highest BCUT2D eigenvalue weighted by molar-refractivity contribution is 6.31. The summed E-state index contributed by atoms with van der Waals surface area (Å²) < 4.78 is 5.41. The van der Waals surface area contributed by atoms with Gasteiger partial charge in [-0.25, -0.2) is 9.98 Å². The first-order valence-electron chi connectivity index (χ1n) is 10.1. The molecule has 2 heterocycles. The quantitative estimate of drug-likeness (QED) is 0.595. The first kappa shape index (κ1) is 21.5. The maximum atomic E-state index is 13.1. The maximum Gasteiger partial charge on any atom is 0.244 e. The summed E-state index contributed by atoms with van der Waals surface area (Å²) in [6.45, 7) is 2.28. The Morgan fingerprint density at radius 1 is 1.16 bits per heavy atom. The average molecular weight is 449 g/mol. The summed E-state index contributed by atoms with van der Waals surface area (Å²) >= 11 is 6.12. The second-order valence-corrected chi connectivity index (χ2v) is 7.51. The third kappa shape index (κ3) is 4.95. The van der Waals surface area contributed by atoms with Gasteiger partial charge in [-0.2, -0.15) is 0 Å². The van der Waals surface area contributed by atoms with E-state index in [4.69, 9.17) is 16.3 Å². The molecule has 162 valence electrons. The second kappa shape index (κ2) is 9.62. The average Bonchev–Trinajstić information content (AvgIpc) is 2.92. The van der Waals surface area contributed by atoms with Crippen molar-refractivity contribution in [2.24, 2.45) is 4.99 Å². The van der Waals surface area contributed by atoms with Crippen molar-refractivity contribution in [3.63, 3.8) is 0 Å². The van der Waals surface area contributed by atoms with Gasteiger partial charge in [-0.05, 0) is 61.0 Å². The summed E-state index contributed by atoms with van der Waals surface area (Å²) in [5, 5.41) is 3.37. The molecular formula is C24H21ClN4O3. The molecule has 8 heteroatoms. The molecule has 7 nitrogen and oxygen atoms in total. The molecule has 32 heavy (non-hydrogen) atoms. The second-order valence-electron chi connectivity index (χ2n) is 7.08. The lowest BCUT2D eigenvalue weighted by Crippen LogP contribution is -2.38. The van der Waals surface area contributed by atoms with Crippen molar-refractivity contribution in [1.29, 1.82) is 0 Å². The number of halogens is 1. The number of benzene rings is 2. The fraction of sp³-hybridized carbons (Fsp3) is 0.167. The Bertz CT molecular complexity index is 1180. The highest BCUT2D eigenvalue weighted by atomic mass is 35.5. The normalized spacial score (nSPS) is 13.1. The van der Waals surface area contributed by atoms with E-state index in [1.54, 1.807) is 54.7 Å². The number of nitrogens with one attached hydrogen (secondary N) is 1. The van der Waals surface area contributed by atoms with Crippen molar-refractivity contribution in [2.45, 2.75) is 13.3 Å². The van der Waals surface area contributed by atoms with Gasteiger partial charge in [0.15, 0.2) is 5.82 Å². The molecule has 4 rings (SSSR count). The van der Waals surface area contributed by atoms with E-state index in [-0.39, 0.29) is 24.8 Å². The van der Waals surface area contributed by atoms with Crippen molar-refractivity contribution in [1.82, 2.24) is 4.98 Å². The lowest BCUT2D eigenvalue weighted by molar-refractivity contribution is -0.120. The van der Waals surface area contributed by atoms with E-state index in [2.05, 4.69) is 15.3 Å². The van der Waals surface area contributed by atoms with Gasteiger partial charge in [0, 0.05) is 16.9 Å². The van der Waals surface area contributed by atoms with E-state index in [0.29, 0.717) is 34.5 Å². The van der Waals surface area contributed by atoms with Crippen LogP contribution in [0.3, 0.4) is 0 Å². The van der Waals surface area contributed by atoms with Gasteiger partial charge in [0.05, 0.1) is 18.7 Å². The predicted molar refractivity (Wildman–Crippen MR) is 125 cm³/mol. The minimum absolute atomic E-state index is 0.0209. The molecule has 0 atom stereocenters. The topological polar surface area (TPSA) is 83.9 Å². The standard InChI is InChI=1S/C24H21ClN4O3/c1-2-32-19-10-8-18(9-11-19)27-22(30)15-29-23(31)14-21(16-5-3-6-17(25)13-16)28-20-7-4-12-26-24(20)29/h3-13H,2,14-15H2,1H3,(H,27,30). The summed E-state index contributed by atoms with van der Waals surface area (Å²) in [6.07, 6.45) is 1.59. The maximum absolute atomic E-state index is 13.1. The molecule has 0 saturated heterocycles.